The van der Waals surface area contributed by atoms with Crippen LogP contribution in [0.2, 0.25) is 0 Å². The summed E-state index contributed by atoms with van der Waals surface area (Å²) in [5.41, 5.74) is 7.27. The van der Waals surface area contributed by atoms with Gasteiger partial charge in [-0.2, -0.15) is 10.4 Å². The van der Waals surface area contributed by atoms with Gasteiger partial charge in [-0.15, -0.1) is 0 Å². The molecule has 0 saturated heterocycles. The van der Waals surface area contributed by atoms with Crippen molar-refractivity contribution in [3.05, 3.63) is 58.5 Å². The third-order valence-electron chi connectivity index (χ3n) is 4.67. The van der Waals surface area contributed by atoms with Crippen LogP contribution in [0.15, 0.2) is 47.1 Å². The Labute approximate surface area is 158 Å². The van der Waals surface area contributed by atoms with Crippen LogP contribution in [0, 0.1) is 18.3 Å². The van der Waals surface area contributed by atoms with Crippen molar-refractivity contribution in [3.8, 4) is 6.07 Å². The number of hydrogen-bond donors (Lipinski definition) is 0. The first-order valence-electron chi connectivity index (χ1n) is 9.64. The second kappa shape index (κ2) is 9.97. The topological polar surface area (TPSA) is 41.6 Å². The quantitative estimate of drug-likeness (QED) is 0.409. The molecule has 2 rings (SSSR count). The lowest BCUT2D eigenvalue weighted by molar-refractivity contribution is 0.732. The van der Waals surface area contributed by atoms with Gasteiger partial charge in [-0.05, 0) is 90.9 Å². The summed E-state index contributed by atoms with van der Waals surface area (Å²) in [6, 6.07) is 4.44. The molecule has 1 aliphatic carbocycles. The highest BCUT2D eigenvalue weighted by Crippen LogP contribution is 2.24. The zero-order valence-corrected chi connectivity index (χ0v) is 16.7. The van der Waals surface area contributed by atoms with Crippen LogP contribution in [0.3, 0.4) is 0 Å². The molecule has 0 spiro atoms. The first kappa shape index (κ1) is 20.0. The highest BCUT2D eigenvalue weighted by atomic mass is 15.3. The maximum atomic E-state index is 9.00. The summed E-state index contributed by atoms with van der Waals surface area (Å²) in [6.07, 6.45) is 15.9. The molecule has 0 unspecified atom stereocenters. The van der Waals surface area contributed by atoms with Gasteiger partial charge < -0.3 is 0 Å². The summed E-state index contributed by atoms with van der Waals surface area (Å²) >= 11 is 0. The molecule has 138 valence electrons. The van der Waals surface area contributed by atoms with Gasteiger partial charge in [-0.25, -0.2) is 4.68 Å². The predicted molar refractivity (Wildman–Crippen MR) is 110 cm³/mol. The molecule has 0 radical (unpaired) electrons. The van der Waals surface area contributed by atoms with Crippen LogP contribution in [0.5, 0.6) is 0 Å². The molecule has 1 aromatic heterocycles. The monoisotopic (exact) mass is 349 g/mol. The molecular weight excluding hydrogens is 318 g/mol. The van der Waals surface area contributed by atoms with Gasteiger partial charge >= 0.3 is 0 Å². The van der Waals surface area contributed by atoms with Gasteiger partial charge in [0.15, 0.2) is 0 Å². The molecule has 0 aliphatic heterocycles. The Bertz CT molecular complexity index is 775. The van der Waals surface area contributed by atoms with Gasteiger partial charge in [0.05, 0.1) is 11.8 Å². The number of aryl methyl sites for hydroxylation is 2. The summed E-state index contributed by atoms with van der Waals surface area (Å²) in [4.78, 5) is 0. The smallest absolute Gasteiger partial charge is 0.0947 e. The van der Waals surface area contributed by atoms with E-state index < -0.39 is 0 Å². The maximum Gasteiger partial charge on any atom is 0.0947 e. The fourth-order valence-corrected chi connectivity index (χ4v) is 3.20. The Morgan fingerprint density at radius 3 is 2.65 bits per heavy atom. The number of allylic oxidation sites excluding steroid dienone is 8. The summed E-state index contributed by atoms with van der Waals surface area (Å²) in [5, 5.41) is 13.7. The van der Waals surface area contributed by atoms with Crippen LogP contribution >= 0.6 is 0 Å². The molecule has 0 saturated carbocycles. The standard InChI is InChI=1S/C23H31N3/c1-18(2)8-7-10-19(3)9-5-6-11-23-16-20(4)25-26(23)22-14-12-21(17-24)13-15-22/h8-9,12,14,16H,5-7,10-11,13,15H2,1-4H3/b19-9+. The summed E-state index contributed by atoms with van der Waals surface area (Å²) < 4.78 is 2.09. The molecule has 0 fully saturated rings. The molecule has 0 amide bonds. The Hall–Kier alpha value is -2.34. The molecule has 0 bridgehead atoms. The van der Waals surface area contributed by atoms with Crippen molar-refractivity contribution in [2.75, 3.05) is 0 Å². The van der Waals surface area contributed by atoms with E-state index in [0.717, 1.165) is 56.2 Å². The third-order valence-corrected chi connectivity index (χ3v) is 4.67. The highest BCUT2D eigenvalue weighted by molar-refractivity contribution is 5.54. The Morgan fingerprint density at radius 1 is 1.19 bits per heavy atom. The largest absolute Gasteiger partial charge is 0.242 e. The molecule has 1 aromatic rings. The van der Waals surface area contributed by atoms with Crippen LogP contribution in [0.25, 0.3) is 5.70 Å². The van der Waals surface area contributed by atoms with Crippen molar-refractivity contribution in [2.24, 2.45) is 0 Å². The molecule has 0 N–H and O–H groups in total. The van der Waals surface area contributed by atoms with Crippen molar-refractivity contribution in [2.45, 2.75) is 72.6 Å². The number of nitrogens with zero attached hydrogens (tertiary/aromatic N) is 3. The van der Waals surface area contributed by atoms with Crippen molar-refractivity contribution in [1.29, 1.82) is 5.26 Å². The van der Waals surface area contributed by atoms with Crippen LogP contribution in [-0.2, 0) is 6.42 Å². The predicted octanol–water partition coefficient (Wildman–Crippen LogP) is 6.29. The first-order chi connectivity index (χ1) is 12.5. The van der Waals surface area contributed by atoms with Crippen LogP contribution in [0.4, 0.5) is 0 Å². The van der Waals surface area contributed by atoms with E-state index in [2.05, 4.69) is 54.8 Å². The Kier molecular flexibility index (Phi) is 7.66. The molecule has 0 atom stereocenters. The first-order valence-corrected chi connectivity index (χ1v) is 9.64. The number of rotatable bonds is 8. The van der Waals surface area contributed by atoms with E-state index in [1.54, 1.807) is 0 Å². The second-order valence-corrected chi connectivity index (χ2v) is 7.41. The van der Waals surface area contributed by atoms with Crippen molar-refractivity contribution in [3.63, 3.8) is 0 Å². The molecule has 3 heteroatoms. The van der Waals surface area contributed by atoms with Crippen LogP contribution in [0.1, 0.15) is 70.7 Å². The zero-order chi connectivity index (χ0) is 18.9. The highest BCUT2D eigenvalue weighted by Gasteiger charge is 2.12. The van der Waals surface area contributed by atoms with E-state index >= 15 is 0 Å². The SMILES string of the molecule is CC(C)=CCC/C(C)=C/CCCc1cc(C)nn1C1=CC=C(C#N)CC1. The average Bonchev–Trinajstić information content (AvgIpc) is 2.99. The van der Waals surface area contributed by atoms with Gasteiger partial charge in [-0.1, -0.05) is 23.3 Å². The minimum atomic E-state index is 0.814. The molecule has 1 heterocycles. The fourth-order valence-electron chi connectivity index (χ4n) is 3.20. The van der Waals surface area contributed by atoms with E-state index in [-0.39, 0.29) is 0 Å². The number of hydrogen-bond acceptors (Lipinski definition) is 2. The Balaban J connectivity index is 1.91. The number of unbranched alkanes of at least 4 members (excludes halogenated alkanes) is 1. The fraction of sp³-hybridized carbons (Fsp3) is 0.478. The lowest BCUT2D eigenvalue weighted by Gasteiger charge is -2.14. The van der Waals surface area contributed by atoms with Crippen molar-refractivity contribution in [1.82, 2.24) is 9.78 Å². The number of aromatic nitrogens is 2. The minimum absolute atomic E-state index is 0.814. The molecule has 0 aromatic carbocycles. The molecular formula is C23H31N3. The normalized spacial score (nSPS) is 14.5. The molecule has 1 aliphatic rings. The minimum Gasteiger partial charge on any atom is -0.242 e. The molecule has 26 heavy (non-hydrogen) atoms. The van der Waals surface area contributed by atoms with Crippen LogP contribution in [-0.4, -0.2) is 9.78 Å². The van der Waals surface area contributed by atoms with Crippen molar-refractivity contribution < 1.29 is 0 Å². The lowest BCUT2D eigenvalue weighted by Crippen LogP contribution is -2.07. The van der Waals surface area contributed by atoms with Gasteiger partial charge in [-0.3, -0.25) is 0 Å². The van der Waals surface area contributed by atoms with E-state index in [1.807, 2.05) is 19.1 Å². The summed E-state index contributed by atoms with van der Waals surface area (Å²) in [6.45, 7) is 8.60. The van der Waals surface area contributed by atoms with Gasteiger partial charge in [0.25, 0.3) is 0 Å². The van der Waals surface area contributed by atoms with E-state index in [1.165, 1.54) is 22.5 Å². The summed E-state index contributed by atoms with van der Waals surface area (Å²) in [7, 11) is 0. The van der Waals surface area contributed by atoms with E-state index in [0.29, 0.717) is 0 Å². The molecule has 3 nitrogen and oxygen atoms in total. The van der Waals surface area contributed by atoms with Crippen molar-refractivity contribution >= 4 is 5.70 Å². The average molecular weight is 350 g/mol. The van der Waals surface area contributed by atoms with Gasteiger partial charge in [0.2, 0.25) is 0 Å². The second-order valence-electron chi connectivity index (χ2n) is 7.41. The van der Waals surface area contributed by atoms with Gasteiger partial charge in [0, 0.05) is 17.0 Å². The Morgan fingerprint density at radius 2 is 2.00 bits per heavy atom. The zero-order valence-electron chi connectivity index (χ0n) is 16.7. The third kappa shape index (κ3) is 6.19. The summed E-state index contributed by atoms with van der Waals surface area (Å²) in [5.74, 6) is 0. The van der Waals surface area contributed by atoms with Gasteiger partial charge in [0.1, 0.15) is 0 Å². The maximum absolute atomic E-state index is 9.00. The van der Waals surface area contributed by atoms with Crippen LogP contribution < -0.4 is 0 Å². The number of nitriles is 1. The lowest BCUT2D eigenvalue weighted by atomic mass is 10.0. The van der Waals surface area contributed by atoms with E-state index in [4.69, 9.17) is 5.26 Å². The van der Waals surface area contributed by atoms with E-state index in [9.17, 15) is 0 Å².